The molecule has 0 aliphatic heterocycles. The standard InChI is InChI=1S/C14H18N2O/c1-9(2)7-13-11-6-4-3-5-10(11)12(8-15)14(17)16-13/h9H,3-7H2,1-2H3,(H,16,17). The summed E-state index contributed by atoms with van der Waals surface area (Å²) < 4.78 is 0. The Morgan fingerprint density at radius 2 is 1.94 bits per heavy atom. The van der Waals surface area contributed by atoms with Crippen LogP contribution in [-0.2, 0) is 19.3 Å². The quantitative estimate of drug-likeness (QED) is 0.847. The molecule has 0 spiro atoms. The molecule has 0 radical (unpaired) electrons. The zero-order valence-electron chi connectivity index (χ0n) is 10.5. The van der Waals surface area contributed by atoms with Crippen LogP contribution in [0.25, 0.3) is 0 Å². The average molecular weight is 230 g/mol. The second kappa shape index (κ2) is 4.75. The lowest BCUT2D eigenvalue weighted by Gasteiger charge is -2.20. The van der Waals surface area contributed by atoms with Crippen molar-refractivity contribution in [3.63, 3.8) is 0 Å². The van der Waals surface area contributed by atoms with Crippen molar-refractivity contribution < 1.29 is 0 Å². The Kier molecular flexibility index (Phi) is 3.33. The minimum Gasteiger partial charge on any atom is -0.325 e. The molecule has 1 aromatic rings. The van der Waals surface area contributed by atoms with Gasteiger partial charge in [0.2, 0.25) is 0 Å². The number of fused-ring (bicyclic) bond motifs is 1. The molecular formula is C14H18N2O. The van der Waals surface area contributed by atoms with E-state index in [0.29, 0.717) is 11.5 Å². The molecule has 1 aromatic heterocycles. The molecule has 3 nitrogen and oxygen atoms in total. The van der Waals surface area contributed by atoms with Gasteiger partial charge in [0, 0.05) is 5.69 Å². The number of aromatic amines is 1. The smallest absolute Gasteiger partial charge is 0.266 e. The molecule has 0 bridgehead atoms. The van der Waals surface area contributed by atoms with Gasteiger partial charge in [0.15, 0.2) is 0 Å². The summed E-state index contributed by atoms with van der Waals surface area (Å²) in [6, 6.07) is 2.06. The largest absolute Gasteiger partial charge is 0.325 e. The average Bonchev–Trinajstić information content (AvgIpc) is 2.28. The highest BCUT2D eigenvalue weighted by Gasteiger charge is 2.20. The lowest BCUT2D eigenvalue weighted by molar-refractivity contribution is 0.608. The molecule has 90 valence electrons. The fourth-order valence-electron chi connectivity index (χ4n) is 2.63. The normalized spacial score (nSPS) is 14.5. The Bertz CT molecular complexity index is 520. The van der Waals surface area contributed by atoms with E-state index in [9.17, 15) is 4.79 Å². The molecule has 0 unspecified atom stereocenters. The third-order valence-electron chi connectivity index (χ3n) is 3.35. The number of H-pyrrole nitrogens is 1. The van der Waals surface area contributed by atoms with Crippen LogP contribution in [0, 0.1) is 17.2 Å². The van der Waals surface area contributed by atoms with Crippen molar-refractivity contribution in [2.24, 2.45) is 5.92 Å². The van der Waals surface area contributed by atoms with E-state index in [1.165, 1.54) is 5.56 Å². The van der Waals surface area contributed by atoms with Crippen LogP contribution in [0.2, 0.25) is 0 Å². The molecule has 3 heteroatoms. The minimum atomic E-state index is -0.205. The summed E-state index contributed by atoms with van der Waals surface area (Å²) in [4.78, 5) is 14.8. The van der Waals surface area contributed by atoms with Crippen molar-refractivity contribution in [2.75, 3.05) is 0 Å². The first-order valence-corrected chi connectivity index (χ1v) is 6.30. The van der Waals surface area contributed by atoms with Crippen molar-refractivity contribution >= 4 is 0 Å². The molecule has 0 amide bonds. The van der Waals surface area contributed by atoms with Crippen LogP contribution in [0.1, 0.15) is 49.1 Å². The first-order valence-electron chi connectivity index (χ1n) is 6.30. The zero-order valence-corrected chi connectivity index (χ0v) is 10.5. The van der Waals surface area contributed by atoms with Crippen molar-refractivity contribution in [3.05, 3.63) is 32.7 Å². The van der Waals surface area contributed by atoms with E-state index in [2.05, 4.69) is 24.9 Å². The molecule has 0 saturated carbocycles. The molecule has 0 atom stereocenters. The van der Waals surface area contributed by atoms with Crippen molar-refractivity contribution in [1.29, 1.82) is 5.26 Å². The predicted molar refractivity (Wildman–Crippen MR) is 67.0 cm³/mol. The summed E-state index contributed by atoms with van der Waals surface area (Å²) in [7, 11) is 0. The number of nitriles is 1. The summed E-state index contributed by atoms with van der Waals surface area (Å²) in [6.07, 6.45) is 5.03. The maximum absolute atomic E-state index is 11.8. The number of rotatable bonds is 2. The molecule has 17 heavy (non-hydrogen) atoms. The number of nitrogens with zero attached hydrogens (tertiary/aromatic N) is 1. The molecule has 0 fully saturated rings. The van der Waals surface area contributed by atoms with Gasteiger partial charge in [-0.1, -0.05) is 13.8 Å². The number of aromatic nitrogens is 1. The first kappa shape index (κ1) is 11.9. The molecule has 1 N–H and O–H groups in total. The van der Waals surface area contributed by atoms with Crippen LogP contribution in [0.15, 0.2) is 4.79 Å². The van der Waals surface area contributed by atoms with Crippen molar-refractivity contribution in [1.82, 2.24) is 4.98 Å². The Morgan fingerprint density at radius 1 is 1.29 bits per heavy atom. The molecule has 1 heterocycles. The second-order valence-electron chi connectivity index (χ2n) is 5.18. The third-order valence-corrected chi connectivity index (χ3v) is 3.35. The summed E-state index contributed by atoms with van der Waals surface area (Å²) in [5, 5.41) is 9.08. The van der Waals surface area contributed by atoms with Crippen LogP contribution < -0.4 is 5.56 Å². The molecule has 0 saturated heterocycles. The van der Waals surface area contributed by atoms with Gasteiger partial charge >= 0.3 is 0 Å². The third kappa shape index (κ3) is 2.26. The Balaban J connectivity index is 2.59. The van der Waals surface area contributed by atoms with Gasteiger partial charge in [-0.2, -0.15) is 5.26 Å². The van der Waals surface area contributed by atoms with Gasteiger partial charge in [0.1, 0.15) is 11.6 Å². The monoisotopic (exact) mass is 230 g/mol. The van der Waals surface area contributed by atoms with Gasteiger partial charge in [-0.15, -0.1) is 0 Å². The highest BCUT2D eigenvalue weighted by atomic mass is 16.1. The summed E-state index contributed by atoms with van der Waals surface area (Å²) in [5.41, 5.74) is 3.44. The predicted octanol–water partition coefficient (Wildman–Crippen LogP) is 2.32. The SMILES string of the molecule is CC(C)Cc1[nH]c(=O)c(C#N)c2c1CCCC2. The molecule has 0 aromatic carbocycles. The van der Waals surface area contributed by atoms with E-state index < -0.39 is 0 Å². The van der Waals surface area contributed by atoms with Crippen molar-refractivity contribution in [2.45, 2.75) is 46.0 Å². The van der Waals surface area contributed by atoms with Crippen molar-refractivity contribution in [3.8, 4) is 6.07 Å². The van der Waals surface area contributed by atoms with Gasteiger partial charge in [-0.05, 0) is 49.1 Å². The number of hydrogen-bond acceptors (Lipinski definition) is 2. The fraction of sp³-hybridized carbons (Fsp3) is 0.571. The zero-order chi connectivity index (χ0) is 12.4. The maximum Gasteiger partial charge on any atom is 0.266 e. The molecule has 2 rings (SSSR count). The van der Waals surface area contributed by atoms with E-state index in [1.807, 2.05) is 0 Å². The number of pyridine rings is 1. The minimum absolute atomic E-state index is 0.205. The Hall–Kier alpha value is -1.56. The highest BCUT2D eigenvalue weighted by Crippen LogP contribution is 2.25. The highest BCUT2D eigenvalue weighted by molar-refractivity contribution is 5.44. The van der Waals surface area contributed by atoms with Gasteiger partial charge in [-0.3, -0.25) is 4.79 Å². The van der Waals surface area contributed by atoms with Crippen LogP contribution in [0.5, 0.6) is 0 Å². The van der Waals surface area contributed by atoms with E-state index in [-0.39, 0.29) is 5.56 Å². The van der Waals surface area contributed by atoms with Crippen LogP contribution >= 0.6 is 0 Å². The Labute approximate surface area is 101 Å². The van der Waals surface area contributed by atoms with Crippen LogP contribution in [-0.4, -0.2) is 4.98 Å². The summed E-state index contributed by atoms with van der Waals surface area (Å²) in [5.74, 6) is 0.518. The maximum atomic E-state index is 11.8. The van der Waals surface area contributed by atoms with Crippen LogP contribution in [0.4, 0.5) is 0 Å². The van der Waals surface area contributed by atoms with E-state index in [4.69, 9.17) is 5.26 Å². The van der Waals surface area contributed by atoms with E-state index in [1.54, 1.807) is 0 Å². The van der Waals surface area contributed by atoms with Gasteiger partial charge < -0.3 is 4.98 Å². The van der Waals surface area contributed by atoms with Crippen LogP contribution in [0.3, 0.4) is 0 Å². The second-order valence-corrected chi connectivity index (χ2v) is 5.18. The molecular weight excluding hydrogens is 212 g/mol. The van der Waals surface area contributed by atoms with E-state index >= 15 is 0 Å². The molecule has 1 aliphatic carbocycles. The topological polar surface area (TPSA) is 56.6 Å². The first-order chi connectivity index (χ1) is 8.13. The van der Waals surface area contributed by atoms with E-state index in [0.717, 1.165) is 43.4 Å². The lowest BCUT2D eigenvalue weighted by atomic mass is 9.86. The van der Waals surface area contributed by atoms with Gasteiger partial charge in [0.25, 0.3) is 5.56 Å². The fourth-order valence-corrected chi connectivity index (χ4v) is 2.63. The lowest BCUT2D eigenvalue weighted by Crippen LogP contribution is -2.22. The van der Waals surface area contributed by atoms with Gasteiger partial charge in [0.05, 0.1) is 0 Å². The number of nitrogens with one attached hydrogen (secondary N) is 1. The summed E-state index contributed by atoms with van der Waals surface area (Å²) in [6.45, 7) is 4.29. The summed E-state index contributed by atoms with van der Waals surface area (Å²) >= 11 is 0. The number of hydrogen-bond donors (Lipinski definition) is 1. The molecule has 1 aliphatic rings. The Morgan fingerprint density at radius 3 is 2.53 bits per heavy atom. The van der Waals surface area contributed by atoms with Gasteiger partial charge in [-0.25, -0.2) is 0 Å².